The van der Waals surface area contributed by atoms with Gasteiger partial charge in [0.25, 0.3) is 10.0 Å². The van der Waals surface area contributed by atoms with Crippen LogP contribution in [0.15, 0.2) is 71.6 Å². The average molecular weight is 407 g/mol. The van der Waals surface area contributed by atoms with E-state index in [1.165, 1.54) is 12.1 Å². The Balaban J connectivity index is 1.66. The van der Waals surface area contributed by atoms with Crippen LogP contribution in [-0.2, 0) is 22.9 Å². The van der Waals surface area contributed by atoms with Gasteiger partial charge in [0, 0.05) is 0 Å². The van der Waals surface area contributed by atoms with E-state index < -0.39 is 16.0 Å². The molecule has 1 aliphatic carbocycles. The lowest BCUT2D eigenvalue weighted by molar-refractivity contribution is 0.0696. The van der Waals surface area contributed by atoms with Crippen molar-refractivity contribution in [3.05, 3.63) is 83.4 Å². The van der Waals surface area contributed by atoms with Crippen molar-refractivity contribution >= 4 is 21.7 Å². The first kappa shape index (κ1) is 19.2. The second kappa shape index (κ2) is 7.72. The van der Waals surface area contributed by atoms with Crippen LogP contribution in [0.25, 0.3) is 11.1 Å². The predicted molar refractivity (Wildman–Crippen MR) is 113 cm³/mol. The van der Waals surface area contributed by atoms with E-state index in [1.54, 1.807) is 18.2 Å². The molecule has 3 aromatic rings. The van der Waals surface area contributed by atoms with Crippen LogP contribution in [0.2, 0.25) is 0 Å². The number of hydrogen-bond acceptors (Lipinski definition) is 3. The Labute approximate surface area is 170 Å². The van der Waals surface area contributed by atoms with Crippen LogP contribution in [0.1, 0.15) is 34.3 Å². The lowest BCUT2D eigenvalue weighted by Gasteiger charge is -2.20. The summed E-state index contributed by atoms with van der Waals surface area (Å²) in [4.78, 5) is 12.0. The van der Waals surface area contributed by atoms with E-state index in [4.69, 9.17) is 0 Å². The molecule has 0 bridgehead atoms. The van der Waals surface area contributed by atoms with Crippen LogP contribution in [0.5, 0.6) is 0 Å². The van der Waals surface area contributed by atoms with Gasteiger partial charge in [0.05, 0.1) is 16.1 Å². The molecule has 4 rings (SSSR count). The van der Waals surface area contributed by atoms with Crippen LogP contribution in [-0.4, -0.2) is 19.5 Å². The van der Waals surface area contributed by atoms with Gasteiger partial charge in [0.1, 0.15) is 0 Å². The maximum Gasteiger partial charge on any atom is 0.338 e. The molecule has 29 heavy (non-hydrogen) atoms. The number of hydrogen-bond donors (Lipinski definition) is 2. The summed E-state index contributed by atoms with van der Waals surface area (Å²) < 4.78 is 28.3. The molecule has 1 aliphatic rings. The number of fused-ring (bicyclic) bond motifs is 1. The minimum Gasteiger partial charge on any atom is -0.478 e. The lowest BCUT2D eigenvalue weighted by Crippen LogP contribution is -2.18. The van der Waals surface area contributed by atoms with Gasteiger partial charge in [0.15, 0.2) is 0 Å². The molecule has 0 radical (unpaired) electrons. The van der Waals surface area contributed by atoms with Crippen molar-refractivity contribution in [1.82, 2.24) is 0 Å². The lowest BCUT2D eigenvalue weighted by atomic mass is 9.87. The summed E-state index contributed by atoms with van der Waals surface area (Å²) >= 11 is 0. The standard InChI is InChI=1S/C23H21NO4S/c25-23(26)22-20-9-5-4-8-18(20)12-15-21(22)24-29(27,28)19-13-10-17(11-14-19)16-6-2-1-3-7-16/h1-3,6-7,10-15,24H,4-5,8-9H2,(H,25,26). The fourth-order valence-electron chi connectivity index (χ4n) is 3.82. The van der Waals surface area contributed by atoms with Crippen molar-refractivity contribution in [3.63, 3.8) is 0 Å². The first-order valence-electron chi connectivity index (χ1n) is 9.52. The molecular formula is C23H21NO4S. The molecule has 0 fully saturated rings. The molecule has 0 heterocycles. The number of carboxylic acid groups (broad SMARTS) is 1. The van der Waals surface area contributed by atoms with E-state index >= 15 is 0 Å². The van der Waals surface area contributed by atoms with Gasteiger partial charge in [-0.25, -0.2) is 13.2 Å². The van der Waals surface area contributed by atoms with E-state index in [1.807, 2.05) is 36.4 Å². The number of anilines is 1. The molecule has 0 aromatic heterocycles. The van der Waals surface area contributed by atoms with Crippen molar-refractivity contribution in [3.8, 4) is 11.1 Å². The molecule has 0 spiro atoms. The SMILES string of the molecule is O=C(O)c1c(NS(=O)(=O)c2ccc(-c3ccccc3)cc2)ccc2c1CCCC2. The van der Waals surface area contributed by atoms with Gasteiger partial charge < -0.3 is 5.11 Å². The quantitative estimate of drug-likeness (QED) is 0.640. The molecule has 0 saturated carbocycles. The first-order chi connectivity index (χ1) is 14.0. The van der Waals surface area contributed by atoms with E-state index in [0.717, 1.165) is 41.5 Å². The largest absolute Gasteiger partial charge is 0.478 e. The summed E-state index contributed by atoms with van der Waals surface area (Å²) in [7, 11) is -3.91. The van der Waals surface area contributed by atoms with Gasteiger partial charge in [-0.2, -0.15) is 0 Å². The number of benzene rings is 3. The van der Waals surface area contributed by atoms with Crippen molar-refractivity contribution in [2.24, 2.45) is 0 Å². The molecule has 0 amide bonds. The third-order valence-electron chi connectivity index (χ3n) is 5.26. The van der Waals surface area contributed by atoms with Crippen molar-refractivity contribution in [2.75, 3.05) is 4.72 Å². The highest BCUT2D eigenvalue weighted by Crippen LogP contribution is 2.31. The van der Waals surface area contributed by atoms with Crippen LogP contribution in [0.3, 0.4) is 0 Å². The second-order valence-electron chi connectivity index (χ2n) is 7.13. The van der Waals surface area contributed by atoms with Crippen LogP contribution in [0, 0.1) is 0 Å². The van der Waals surface area contributed by atoms with Crippen molar-refractivity contribution in [1.29, 1.82) is 0 Å². The van der Waals surface area contributed by atoms with Gasteiger partial charge in [-0.15, -0.1) is 0 Å². The second-order valence-corrected chi connectivity index (χ2v) is 8.82. The molecule has 0 atom stereocenters. The van der Waals surface area contributed by atoms with E-state index in [0.29, 0.717) is 6.42 Å². The molecule has 5 nitrogen and oxygen atoms in total. The molecule has 148 valence electrons. The predicted octanol–water partition coefficient (Wildman–Crippen LogP) is 4.73. The number of carboxylic acids is 1. The van der Waals surface area contributed by atoms with Crippen LogP contribution < -0.4 is 4.72 Å². The zero-order valence-electron chi connectivity index (χ0n) is 15.8. The highest BCUT2D eigenvalue weighted by Gasteiger charge is 2.24. The Kier molecular flexibility index (Phi) is 5.11. The fraction of sp³-hybridized carbons (Fsp3) is 0.174. The summed E-state index contributed by atoms with van der Waals surface area (Å²) in [6, 6.07) is 19.6. The number of aromatic carboxylic acids is 1. The molecule has 6 heteroatoms. The van der Waals surface area contributed by atoms with Crippen molar-refractivity contribution in [2.45, 2.75) is 30.6 Å². The number of nitrogens with one attached hydrogen (secondary N) is 1. The molecule has 3 aromatic carbocycles. The van der Waals surface area contributed by atoms with Gasteiger partial charge >= 0.3 is 5.97 Å². The minimum atomic E-state index is -3.91. The first-order valence-corrected chi connectivity index (χ1v) is 11.0. The highest BCUT2D eigenvalue weighted by molar-refractivity contribution is 7.92. The van der Waals surface area contributed by atoms with Crippen LogP contribution >= 0.6 is 0 Å². The highest BCUT2D eigenvalue weighted by atomic mass is 32.2. The van der Waals surface area contributed by atoms with Crippen molar-refractivity contribution < 1.29 is 18.3 Å². The molecule has 0 saturated heterocycles. The Hall–Kier alpha value is -3.12. The Morgan fingerprint density at radius 2 is 1.48 bits per heavy atom. The smallest absolute Gasteiger partial charge is 0.338 e. The molecular weight excluding hydrogens is 386 g/mol. The van der Waals surface area contributed by atoms with E-state index in [-0.39, 0.29) is 16.1 Å². The maximum absolute atomic E-state index is 12.9. The topological polar surface area (TPSA) is 83.5 Å². The minimum absolute atomic E-state index is 0.0617. The van der Waals surface area contributed by atoms with E-state index in [9.17, 15) is 18.3 Å². The zero-order valence-corrected chi connectivity index (χ0v) is 16.6. The molecule has 0 aliphatic heterocycles. The Morgan fingerprint density at radius 3 is 2.17 bits per heavy atom. The summed E-state index contributed by atoms with van der Waals surface area (Å²) in [5, 5.41) is 9.72. The number of rotatable bonds is 5. The Bertz CT molecular complexity index is 1150. The third-order valence-corrected chi connectivity index (χ3v) is 6.64. The third kappa shape index (κ3) is 3.89. The number of aryl methyl sites for hydroxylation is 1. The normalized spacial score (nSPS) is 13.5. The number of carbonyl (C=O) groups is 1. The molecule has 0 unspecified atom stereocenters. The summed E-state index contributed by atoms with van der Waals surface area (Å²) in [5.74, 6) is -1.11. The van der Waals surface area contributed by atoms with Gasteiger partial charge in [0.2, 0.25) is 0 Å². The summed E-state index contributed by atoms with van der Waals surface area (Å²) in [6.07, 6.45) is 3.40. The summed E-state index contributed by atoms with van der Waals surface area (Å²) in [5.41, 5.74) is 3.81. The van der Waals surface area contributed by atoms with Gasteiger partial charge in [-0.1, -0.05) is 48.5 Å². The van der Waals surface area contributed by atoms with Gasteiger partial charge in [-0.3, -0.25) is 4.72 Å². The van der Waals surface area contributed by atoms with E-state index in [2.05, 4.69) is 4.72 Å². The summed E-state index contributed by atoms with van der Waals surface area (Å²) in [6.45, 7) is 0. The number of sulfonamides is 1. The average Bonchev–Trinajstić information content (AvgIpc) is 2.74. The van der Waals surface area contributed by atoms with Gasteiger partial charge in [-0.05, 0) is 66.1 Å². The maximum atomic E-state index is 12.9. The fourth-order valence-corrected chi connectivity index (χ4v) is 4.89. The Morgan fingerprint density at radius 1 is 0.828 bits per heavy atom. The monoisotopic (exact) mass is 407 g/mol. The molecule has 2 N–H and O–H groups in total. The van der Waals surface area contributed by atoms with Crippen LogP contribution in [0.4, 0.5) is 5.69 Å². The zero-order chi connectivity index (χ0) is 20.4.